The van der Waals surface area contributed by atoms with Crippen molar-refractivity contribution in [3.63, 3.8) is 0 Å². The van der Waals surface area contributed by atoms with E-state index in [1.807, 2.05) is 6.07 Å². The van der Waals surface area contributed by atoms with Gasteiger partial charge in [0.05, 0.1) is 24.4 Å². The Morgan fingerprint density at radius 2 is 1.61 bits per heavy atom. The Bertz CT molecular complexity index is 1290. The van der Waals surface area contributed by atoms with Gasteiger partial charge in [-0.05, 0) is 47.1 Å². The number of nitrogens with two attached hydrogens (primary N) is 1. The molecule has 3 amide bonds. The Hall–Kier alpha value is -4.42. The van der Waals surface area contributed by atoms with Crippen molar-refractivity contribution >= 4 is 30.0 Å². The minimum atomic E-state index is -1.40. The summed E-state index contributed by atoms with van der Waals surface area (Å²) in [5.41, 5.74) is 5.11. The molecular weight excluding hydrogens is 534 g/mol. The first-order chi connectivity index (χ1) is 19.0. The average molecular weight is 572 g/mol. The number of fused-ring (bicyclic) bond motifs is 1. The van der Waals surface area contributed by atoms with Crippen molar-refractivity contribution in [3.05, 3.63) is 53.6 Å². The summed E-state index contributed by atoms with van der Waals surface area (Å²) >= 11 is 0. The zero-order valence-electron chi connectivity index (χ0n) is 24.1. The predicted octanol–water partition coefficient (Wildman–Crippen LogP) is 2.43. The number of amides is 3. The van der Waals surface area contributed by atoms with Crippen molar-refractivity contribution in [2.75, 3.05) is 0 Å². The Labute approximate surface area is 238 Å². The number of benzene rings is 1. The first-order valence-corrected chi connectivity index (χ1v) is 13.1. The first kappa shape index (κ1) is 31.1. The van der Waals surface area contributed by atoms with Crippen molar-refractivity contribution < 1.29 is 38.2 Å². The van der Waals surface area contributed by atoms with Crippen molar-refractivity contribution in [2.45, 2.75) is 90.8 Å². The number of hydrogen-bond donors (Lipinski definition) is 2. The fraction of sp³-hybridized carbons (Fsp3) is 0.500. The number of imidazole rings is 1. The van der Waals surface area contributed by atoms with E-state index in [0.717, 1.165) is 4.90 Å². The monoisotopic (exact) mass is 571 g/mol. The molecule has 0 saturated heterocycles. The maximum Gasteiger partial charge on any atom is 0.420 e. The highest BCUT2D eigenvalue weighted by Crippen LogP contribution is 2.26. The molecule has 0 fully saturated rings. The molecule has 13 heteroatoms. The lowest BCUT2D eigenvalue weighted by Crippen LogP contribution is -2.57. The van der Waals surface area contributed by atoms with E-state index in [4.69, 9.17) is 19.9 Å². The Kier molecular flexibility index (Phi) is 9.41. The Morgan fingerprint density at radius 3 is 2.20 bits per heavy atom. The molecule has 3 N–H and O–H groups in total. The quantitative estimate of drug-likeness (QED) is 0.374. The molecule has 1 aromatic heterocycles. The van der Waals surface area contributed by atoms with Crippen molar-refractivity contribution in [1.29, 1.82) is 0 Å². The van der Waals surface area contributed by atoms with Crippen LogP contribution in [0.15, 0.2) is 36.7 Å². The van der Waals surface area contributed by atoms with Crippen LogP contribution in [0.5, 0.6) is 0 Å². The molecule has 0 bridgehead atoms. The molecule has 3 rings (SSSR count). The predicted molar refractivity (Wildman–Crippen MR) is 145 cm³/mol. The van der Waals surface area contributed by atoms with E-state index in [-0.39, 0.29) is 19.6 Å². The smallest absolute Gasteiger partial charge is 0.420 e. The highest BCUT2D eigenvalue weighted by Gasteiger charge is 2.41. The summed E-state index contributed by atoms with van der Waals surface area (Å²) in [6.45, 7) is 9.88. The van der Waals surface area contributed by atoms with Crippen LogP contribution in [-0.4, -0.2) is 67.7 Å². The summed E-state index contributed by atoms with van der Waals surface area (Å²) in [6.07, 6.45) is -0.863. The van der Waals surface area contributed by atoms with E-state index < -0.39 is 59.7 Å². The lowest BCUT2D eigenvalue weighted by atomic mass is 10.0. The summed E-state index contributed by atoms with van der Waals surface area (Å²) in [5, 5.41) is 2.50. The number of aromatic nitrogens is 2. The number of primary amides is 1. The highest BCUT2D eigenvalue weighted by molar-refractivity contribution is 5.92. The molecule has 222 valence electrons. The second-order valence-electron chi connectivity index (χ2n) is 11.6. The number of nitrogens with one attached hydrogen (secondary N) is 1. The van der Waals surface area contributed by atoms with Crippen LogP contribution < -0.4 is 11.1 Å². The summed E-state index contributed by atoms with van der Waals surface area (Å²) in [6, 6.07) is 6.29. The summed E-state index contributed by atoms with van der Waals surface area (Å²) in [5.74, 6) is -2.45. The first-order valence-electron chi connectivity index (χ1n) is 13.1. The van der Waals surface area contributed by atoms with Crippen LogP contribution in [0.4, 0.5) is 9.59 Å². The minimum Gasteiger partial charge on any atom is -0.459 e. The topological polar surface area (TPSA) is 172 Å². The van der Waals surface area contributed by atoms with Crippen LogP contribution in [0, 0.1) is 0 Å². The van der Waals surface area contributed by atoms with Crippen LogP contribution >= 0.6 is 0 Å². The molecule has 1 aliphatic heterocycles. The number of hydrogen-bond acceptors (Lipinski definition) is 9. The molecule has 0 spiro atoms. The standard InChI is InChI=1S/C28H37N5O8/c1-27(2,3)40-25(37)32-14-21-18(30-16-33(21)26(38)41-28(4,5)6)12-20(32)23(35)31-19(13-22(29)34)24(36)39-15-17-10-8-7-9-11-17/h7-11,16,19-20H,12-15H2,1-6H3,(H2,29,34)(H,31,35)/t19-,20-/m0/s1. The van der Waals surface area contributed by atoms with E-state index in [2.05, 4.69) is 10.3 Å². The van der Waals surface area contributed by atoms with Gasteiger partial charge in [-0.15, -0.1) is 0 Å². The van der Waals surface area contributed by atoms with E-state index in [0.29, 0.717) is 17.0 Å². The van der Waals surface area contributed by atoms with Crippen LogP contribution in [0.3, 0.4) is 0 Å². The molecule has 2 aromatic rings. The molecule has 2 heterocycles. The number of nitrogens with zero attached hydrogens (tertiary/aromatic N) is 3. The van der Waals surface area contributed by atoms with Crippen LogP contribution in [-0.2, 0) is 48.2 Å². The molecule has 0 saturated carbocycles. The van der Waals surface area contributed by atoms with Crippen LogP contribution in [0.2, 0.25) is 0 Å². The molecule has 1 aliphatic rings. The maximum absolute atomic E-state index is 13.5. The Morgan fingerprint density at radius 1 is 1.00 bits per heavy atom. The third kappa shape index (κ3) is 8.78. The zero-order chi connectivity index (χ0) is 30.5. The van der Waals surface area contributed by atoms with Gasteiger partial charge in [-0.3, -0.25) is 14.5 Å². The zero-order valence-corrected chi connectivity index (χ0v) is 24.1. The van der Waals surface area contributed by atoms with E-state index in [1.165, 1.54) is 10.9 Å². The van der Waals surface area contributed by atoms with Gasteiger partial charge in [-0.1, -0.05) is 30.3 Å². The van der Waals surface area contributed by atoms with Gasteiger partial charge in [0, 0.05) is 6.42 Å². The number of esters is 1. The van der Waals surface area contributed by atoms with E-state index in [1.54, 1.807) is 65.8 Å². The summed E-state index contributed by atoms with van der Waals surface area (Å²) < 4.78 is 17.5. The SMILES string of the molecule is CC(C)(C)OC(=O)N1Cc2c(ncn2C(=O)OC(C)(C)C)C[C@H]1C(=O)N[C@@H](CC(N)=O)C(=O)OCc1ccccc1. The van der Waals surface area contributed by atoms with Crippen LogP contribution in [0.1, 0.15) is 64.9 Å². The number of carbonyl (C=O) groups excluding carboxylic acids is 5. The summed E-state index contributed by atoms with van der Waals surface area (Å²) in [4.78, 5) is 69.6. The van der Waals surface area contributed by atoms with Gasteiger partial charge in [0.25, 0.3) is 0 Å². The number of ether oxygens (including phenoxy) is 3. The molecule has 41 heavy (non-hydrogen) atoms. The van der Waals surface area contributed by atoms with Gasteiger partial charge in [0.1, 0.15) is 36.2 Å². The van der Waals surface area contributed by atoms with Gasteiger partial charge in [0.2, 0.25) is 11.8 Å². The van der Waals surface area contributed by atoms with Crippen molar-refractivity contribution in [1.82, 2.24) is 19.8 Å². The Balaban J connectivity index is 1.86. The molecule has 0 unspecified atom stereocenters. The third-order valence-corrected chi connectivity index (χ3v) is 5.79. The van der Waals surface area contributed by atoms with Gasteiger partial charge in [0.15, 0.2) is 0 Å². The highest BCUT2D eigenvalue weighted by atomic mass is 16.6. The second-order valence-corrected chi connectivity index (χ2v) is 11.6. The minimum absolute atomic E-state index is 0.0796. The van der Waals surface area contributed by atoms with Gasteiger partial charge >= 0.3 is 18.2 Å². The summed E-state index contributed by atoms with van der Waals surface area (Å²) in [7, 11) is 0. The molecule has 0 radical (unpaired) electrons. The van der Waals surface area contributed by atoms with E-state index in [9.17, 15) is 24.0 Å². The molecule has 1 aromatic carbocycles. The lowest BCUT2D eigenvalue weighted by Gasteiger charge is -2.36. The fourth-order valence-electron chi connectivity index (χ4n) is 4.02. The lowest BCUT2D eigenvalue weighted by molar-refractivity contribution is -0.150. The number of carbonyl (C=O) groups is 5. The van der Waals surface area contributed by atoms with Crippen molar-refractivity contribution in [2.24, 2.45) is 5.73 Å². The molecule has 13 nitrogen and oxygen atoms in total. The second kappa shape index (κ2) is 12.4. The molecular formula is C28H37N5O8. The third-order valence-electron chi connectivity index (χ3n) is 5.79. The molecule has 2 atom stereocenters. The molecule has 0 aliphatic carbocycles. The maximum atomic E-state index is 13.5. The van der Waals surface area contributed by atoms with Gasteiger partial charge < -0.3 is 25.3 Å². The van der Waals surface area contributed by atoms with Gasteiger partial charge in [-0.2, -0.15) is 0 Å². The van der Waals surface area contributed by atoms with Gasteiger partial charge in [-0.25, -0.2) is 23.9 Å². The fourth-order valence-corrected chi connectivity index (χ4v) is 4.02. The van der Waals surface area contributed by atoms with Crippen LogP contribution in [0.25, 0.3) is 0 Å². The largest absolute Gasteiger partial charge is 0.459 e. The van der Waals surface area contributed by atoms with E-state index >= 15 is 0 Å². The average Bonchev–Trinajstić information content (AvgIpc) is 3.27. The number of rotatable bonds is 7. The normalized spacial score (nSPS) is 15.8. The van der Waals surface area contributed by atoms with Crippen molar-refractivity contribution in [3.8, 4) is 0 Å².